The molecule has 1 aliphatic heterocycles. The summed E-state index contributed by atoms with van der Waals surface area (Å²) in [6.45, 7) is 5.04. The molecule has 0 aromatic heterocycles. The van der Waals surface area contributed by atoms with Gasteiger partial charge in [-0.05, 0) is 26.3 Å². The molecule has 2 nitrogen and oxygen atoms in total. The summed E-state index contributed by atoms with van der Waals surface area (Å²) in [6, 6.07) is 0. The van der Waals surface area contributed by atoms with Crippen molar-refractivity contribution in [2.24, 2.45) is 0 Å². The third kappa shape index (κ3) is 3.45. The molecule has 1 aliphatic rings. The Morgan fingerprint density at radius 1 is 1.18 bits per heavy atom. The van der Waals surface area contributed by atoms with E-state index in [-0.39, 0.29) is 0 Å². The third-order valence-corrected chi connectivity index (χ3v) is 2.75. The highest BCUT2D eigenvalue weighted by Gasteiger charge is 2.10. The summed E-state index contributed by atoms with van der Waals surface area (Å²) < 4.78 is 0. The van der Waals surface area contributed by atoms with Gasteiger partial charge < -0.3 is 4.90 Å². The maximum atomic E-state index is 2.54. The molecule has 0 spiro atoms. The van der Waals surface area contributed by atoms with E-state index >= 15 is 0 Å². The van der Waals surface area contributed by atoms with Gasteiger partial charge in [-0.15, -0.1) is 11.8 Å². The summed E-state index contributed by atoms with van der Waals surface area (Å²) >= 11 is 1.93. The number of likely N-dealkylation sites (N-methyl/N-ethyl adjacent to an activating group) is 1. The molecule has 1 rings (SSSR count). The molecule has 0 radical (unpaired) electrons. The van der Waals surface area contributed by atoms with E-state index < -0.39 is 0 Å². The van der Waals surface area contributed by atoms with E-state index in [4.69, 9.17) is 0 Å². The molecule has 1 fully saturated rings. The minimum atomic E-state index is 1.20. The first-order chi connectivity index (χ1) is 5.33. The summed E-state index contributed by atoms with van der Waals surface area (Å²) in [7, 11) is 2.21. The quantitative estimate of drug-likeness (QED) is 0.615. The molecule has 1 saturated heterocycles. The summed E-state index contributed by atoms with van der Waals surface area (Å²) in [5.41, 5.74) is 0. The van der Waals surface area contributed by atoms with Gasteiger partial charge in [0.2, 0.25) is 0 Å². The van der Waals surface area contributed by atoms with Crippen molar-refractivity contribution in [1.82, 2.24) is 9.80 Å². The summed E-state index contributed by atoms with van der Waals surface area (Å²) in [6.07, 6.45) is 3.51. The highest BCUT2D eigenvalue weighted by Crippen LogP contribution is 2.04. The predicted molar refractivity (Wildman–Crippen MR) is 52.1 cm³/mol. The molecular weight excluding hydrogens is 156 g/mol. The SMILES string of the molecule is CSCN1CCCN(C)CC1. The lowest BCUT2D eigenvalue weighted by Crippen LogP contribution is -2.28. The van der Waals surface area contributed by atoms with Crippen molar-refractivity contribution >= 4 is 11.8 Å². The van der Waals surface area contributed by atoms with E-state index in [0.717, 1.165) is 0 Å². The molecule has 66 valence electrons. The second-order valence-corrected chi connectivity index (χ2v) is 4.03. The van der Waals surface area contributed by atoms with Crippen molar-refractivity contribution in [3.63, 3.8) is 0 Å². The van der Waals surface area contributed by atoms with Gasteiger partial charge in [0.05, 0.1) is 0 Å². The standard InChI is InChI=1S/C8H18N2S/c1-9-4-3-5-10(7-6-9)8-11-2/h3-8H2,1-2H3. The fourth-order valence-corrected chi connectivity index (χ4v) is 2.03. The van der Waals surface area contributed by atoms with Gasteiger partial charge in [0, 0.05) is 25.5 Å². The molecule has 0 aliphatic carbocycles. The average Bonchev–Trinajstić information content (AvgIpc) is 2.17. The van der Waals surface area contributed by atoms with Crippen LogP contribution in [0.25, 0.3) is 0 Å². The number of hydrogen-bond acceptors (Lipinski definition) is 3. The van der Waals surface area contributed by atoms with Crippen molar-refractivity contribution in [3.05, 3.63) is 0 Å². The largest absolute Gasteiger partial charge is 0.305 e. The normalized spacial score (nSPS) is 23.5. The Balaban J connectivity index is 2.22. The lowest BCUT2D eigenvalue weighted by Gasteiger charge is -2.18. The van der Waals surface area contributed by atoms with Crippen LogP contribution in [0.4, 0.5) is 0 Å². The van der Waals surface area contributed by atoms with Crippen LogP contribution in [0.2, 0.25) is 0 Å². The Morgan fingerprint density at radius 3 is 2.73 bits per heavy atom. The van der Waals surface area contributed by atoms with Crippen molar-refractivity contribution in [2.75, 3.05) is 45.4 Å². The van der Waals surface area contributed by atoms with Crippen LogP contribution in [0.3, 0.4) is 0 Å². The Kier molecular flexibility index (Phi) is 4.26. The van der Waals surface area contributed by atoms with Gasteiger partial charge >= 0.3 is 0 Å². The molecular formula is C8H18N2S. The molecule has 3 heteroatoms. The predicted octanol–water partition coefficient (Wildman–Crippen LogP) is 0.944. The van der Waals surface area contributed by atoms with Crippen LogP contribution in [-0.4, -0.2) is 55.2 Å². The number of nitrogens with zero attached hydrogens (tertiary/aromatic N) is 2. The summed E-state index contributed by atoms with van der Waals surface area (Å²) in [5, 5.41) is 0. The van der Waals surface area contributed by atoms with Crippen LogP contribution in [0.5, 0.6) is 0 Å². The molecule has 0 aromatic rings. The van der Waals surface area contributed by atoms with Gasteiger partial charge in [0.1, 0.15) is 0 Å². The lowest BCUT2D eigenvalue weighted by atomic mass is 10.4. The Morgan fingerprint density at radius 2 is 2.00 bits per heavy atom. The molecule has 11 heavy (non-hydrogen) atoms. The van der Waals surface area contributed by atoms with Crippen LogP contribution in [-0.2, 0) is 0 Å². The van der Waals surface area contributed by atoms with E-state index in [9.17, 15) is 0 Å². The first-order valence-electron chi connectivity index (χ1n) is 4.23. The second-order valence-electron chi connectivity index (χ2n) is 3.19. The van der Waals surface area contributed by atoms with Crippen molar-refractivity contribution in [3.8, 4) is 0 Å². The zero-order valence-electron chi connectivity index (χ0n) is 7.55. The van der Waals surface area contributed by atoms with Crippen LogP contribution in [0, 0.1) is 0 Å². The summed E-state index contributed by atoms with van der Waals surface area (Å²) in [4.78, 5) is 4.95. The van der Waals surface area contributed by atoms with Crippen molar-refractivity contribution in [2.45, 2.75) is 6.42 Å². The van der Waals surface area contributed by atoms with Gasteiger partial charge in [0.25, 0.3) is 0 Å². The molecule has 0 N–H and O–H groups in total. The molecule has 0 amide bonds. The van der Waals surface area contributed by atoms with E-state index in [0.29, 0.717) is 0 Å². The molecule has 0 unspecified atom stereocenters. The minimum Gasteiger partial charge on any atom is -0.305 e. The van der Waals surface area contributed by atoms with E-state index in [1.54, 1.807) is 0 Å². The zero-order valence-corrected chi connectivity index (χ0v) is 8.36. The molecule has 1 heterocycles. The average molecular weight is 174 g/mol. The number of hydrogen-bond donors (Lipinski definition) is 0. The lowest BCUT2D eigenvalue weighted by molar-refractivity contribution is 0.313. The van der Waals surface area contributed by atoms with Crippen molar-refractivity contribution < 1.29 is 0 Å². The second kappa shape index (κ2) is 5.01. The first kappa shape index (κ1) is 9.36. The fourth-order valence-electron chi connectivity index (χ4n) is 1.41. The van der Waals surface area contributed by atoms with Crippen LogP contribution in [0.15, 0.2) is 0 Å². The van der Waals surface area contributed by atoms with E-state index in [1.165, 1.54) is 38.5 Å². The molecule has 0 bridgehead atoms. The number of rotatable bonds is 2. The topological polar surface area (TPSA) is 6.48 Å². The minimum absolute atomic E-state index is 1.20. The molecule has 0 saturated carbocycles. The maximum Gasteiger partial charge on any atom is 0.0442 e. The van der Waals surface area contributed by atoms with E-state index in [2.05, 4.69) is 23.1 Å². The van der Waals surface area contributed by atoms with Crippen LogP contribution >= 0.6 is 11.8 Å². The number of thioether (sulfide) groups is 1. The molecule has 0 atom stereocenters. The Labute approximate surface area is 73.9 Å². The summed E-state index contributed by atoms with van der Waals surface area (Å²) in [5.74, 6) is 1.20. The third-order valence-electron chi connectivity index (χ3n) is 2.12. The van der Waals surface area contributed by atoms with Crippen molar-refractivity contribution in [1.29, 1.82) is 0 Å². The smallest absolute Gasteiger partial charge is 0.0442 e. The zero-order chi connectivity index (χ0) is 8.10. The molecule has 0 aromatic carbocycles. The maximum absolute atomic E-state index is 2.54. The van der Waals surface area contributed by atoms with Gasteiger partial charge in [-0.25, -0.2) is 0 Å². The van der Waals surface area contributed by atoms with Gasteiger partial charge in [0.15, 0.2) is 0 Å². The highest BCUT2D eigenvalue weighted by molar-refractivity contribution is 7.98. The van der Waals surface area contributed by atoms with Crippen LogP contribution in [0.1, 0.15) is 6.42 Å². The van der Waals surface area contributed by atoms with Gasteiger partial charge in [-0.1, -0.05) is 0 Å². The van der Waals surface area contributed by atoms with E-state index in [1.807, 2.05) is 11.8 Å². The van der Waals surface area contributed by atoms with Gasteiger partial charge in [-0.2, -0.15) is 0 Å². The van der Waals surface area contributed by atoms with Crippen LogP contribution < -0.4 is 0 Å². The Hall–Kier alpha value is 0.270. The monoisotopic (exact) mass is 174 g/mol. The van der Waals surface area contributed by atoms with Gasteiger partial charge in [-0.3, -0.25) is 4.90 Å². The highest BCUT2D eigenvalue weighted by atomic mass is 32.2. The Bertz CT molecular complexity index is 108. The first-order valence-corrected chi connectivity index (χ1v) is 5.62. The fraction of sp³-hybridized carbons (Fsp3) is 1.00.